The molecule has 0 aliphatic heterocycles. The van der Waals surface area contributed by atoms with E-state index in [9.17, 15) is 20.2 Å². The summed E-state index contributed by atoms with van der Waals surface area (Å²) in [5.74, 6) is -0.437. The normalized spacial score (nSPS) is 11.2. The molecule has 0 radical (unpaired) electrons. The molecule has 162 valence electrons. The number of nitro benzene ring substituents is 1. The number of nitrogens with one attached hydrogen (secondary N) is 1. The first-order valence-electron chi connectivity index (χ1n) is 10.3. The summed E-state index contributed by atoms with van der Waals surface area (Å²) < 4.78 is 2.00. The highest BCUT2D eigenvalue weighted by Gasteiger charge is 2.13. The number of aromatic nitrogens is 1. The van der Waals surface area contributed by atoms with Gasteiger partial charge < -0.3 is 9.88 Å². The minimum atomic E-state index is -0.437. The lowest BCUT2D eigenvalue weighted by Crippen LogP contribution is -2.23. The quantitative estimate of drug-likeness (QED) is 0.194. The van der Waals surface area contributed by atoms with Crippen molar-refractivity contribution in [2.45, 2.75) is 13.1 Å². The summed E-state index contributed by atoms with van der Waals surface area (Å²) in [5, 5.41) is 24.2. The zero-order chi connectivity index (χ0) is 23.2. The third kappa shape index (κ3) is 4.97. The number of benzene rings is 3. The van der Waals surface area contributed by atoms with Gasteiger partial charge >= 0.3 is 0 Å². The van der Waals surface area contributed by atoms with Gasteiger partial charge in [-0.15, -0.1) is 0 Å². The topological polar surface area (TPSA) is 101 Å². The standard InChI is InChI=1S/C26H20N4O3/c27-15-21(26(31)28-16-19-6-2-1-3-7-19)14-22-18-29(25-9-5-4-8-24(22)25)17-20-10-12-23(13-11-20)30(32)33/h1-14,18H,16-17H2,(H,28,31)/b21-14+. The number of hydrogen-bond donors (Lipinski definition) is 1. The van der Waals surface area contributed by atoms with Crippen LogP contribution in [0.2, 0.25) is 0 Å². The molecule has 0 fully saturated rings. The van der Waals surface area contributed by atoms with Gasteiger partial charge in [0.15, 0.2) is 0 Å². The van der Waals surface area contributed by atoms with Gasteiger partial charge in [0, 0.05) is 47.9 Å². The molecule has 0 bridgehead atoms. The van der Waals surface area contributed by atoms with Gasteiger partial charge in [0.05, 0.1) is 4.92 Å². The fraction of sp³-hybridized carbons (Fsp3) is 0.0769. The van der Waals surface area contributed by atoms with E-state index in [-0.39, 0.29) is 11.3 Å². The minimum Gasteiger partial charge on any atom is -0.347 e. The van der Waals surface area contributed by atoms with Crippen LogP contribution in [0.3, 0.4) is 0 Å². The predicted octanol–water partition coefficient (Wildman–Crippen LogP) is 4.82. The van der Waals surface area contributed by atoms with Crippen molar-refractivity contribution in [1.82, 2.24) is 9.88 Å². The van der Waals surface area contributed by atoms with E-state index in [1.165, 1.54) is 12.1 Å². The van der Waals surface area contributed by atoms with Crippen molar-refractivity contribution in [3.8, 4) is 6.07 Å². The van der Waals surface area contributed by atoms with Crippen molar-refractivity contribution in [2.24, 2.45) is 0 Å². The summed E-state index contributed by atoms with van der Waals surface area (Å²) in [7, 11) is 0. The monoisotopic (exact) mass is 436 g/mol. The Morgan fingerprint density at radius 2 is 1.70 bits per heavy atom. The minimum absolute atomic E-state index is 0.0178. The molecule has 1 amide bonds. The SMILES string of the molecule is N#C/C(=C\c1cn(Cc2ccc([N+](=O)[O-])cc2)c2ccccc12)C(=O)NCc1ccccc1. The number of nitrogens with zero attached hydrogens (tertiary/aromatic N) is 3. The molecule has 0 atom stereocenters. The van der Waals surface area contributed by atoms with E-state index in [0.29, 0.717) is 13.1 Å². The van der Waals surface area contributed by atoms with Gasteiger partial charge in [-0.1, -0.05) is 60.7 Å². The van der Waals surface area contributed by atoms with Crippen LogP contribution in [0.15, 0.2) is 90.6 Å². The molecule has 1 aromatic heterocycles. The second-order valence-electron chi connectivity index (χ2n) is 7.49. The number of hydrogen-bond acceptors (Lipinski definition) is 4. The third-order valence-electron chi connectivity index (χ3n) is 5.28. The molecule has 0 aliphatic rings. The van der Waals surface area contributed by atoms with E-state index in [1.807, 2.05) is 71.4 Å². The van der Waals surface area contributed by atoms with Crippen molar-refractivity contribution in [1.29, 1.82) is 5.26 Å². The molecule has 4 aromatic rings. The van der Waals surface area contributed by atoms with E-state index in [0.717, 1.165) is 27.6 Å². The van der Waals surface area contributed by atoms with E-state index in [2.05, 4.69) is 5.32 Å². The van der Waals surface area contributed by atoms with Crippen LogP contribution in [0.5, 0.6) is 0 Å². The summed E-state index contributed by atoms with van der Waals surface area (Å²) in [6.07, 6.45) is 3.48. The van der Waals surface area contributed by atoms with Gasteiger partial charge in [-0.05, 0) is 23.3 Å². The molecule has 7 nitrogen and oxygen atoms in total. The Morgan fingerprint density at radius 3 is 2.39 bits per heavy atom. The van der Waals surface area contributed by atoms with Crippen molar-refractivity contribution in [2.75, 3.05) is 0 Å². The Bertz CT molecular complexity index is 1380. The van der Waals surface area contributed by atoms with Crippen LogP contribution >= 0.6 is 0 Å². The first kappa shape index (κ1) is 21.5. The molecule has 0 spiro atoms. The lowest BCUT2D eigenvalue weighted by molar-refractivity contribution is -0.384. The molecule has 0 aliphatic carbocycles. The summed E-state index contributed by atoms with van der Waals surface area (Å²) >= 11 is 0. The Labute approximate surface area is 190 Å². The number of nitriles is 1. The van der Waals surface area contributed by atoms with E-state index >= 15 is 0 Å². The zero-order valence-electron chi connectivity index (χ0n) is 17.6. The molecule has 0 saturated carbocycles. The maximum atomic E-state index is 12.6. The Kier molecular flexibility index (Phi) is 6.28. The van der Waals surface area contributed by atoms with E-state index in [1.54, 1.807) is 18.2 Å². The van der Waals surface area contributed by atoms with Crippen LogP contribution in [0.1, 0.15) is 16.7 Å². The average Bonchev–Trinajstić information content (AvgIpc) is 3.19. The molecule has 1 N–H and O–H groups in total. The van der Waals surface area contributed by atoms with E-state index in [4.69, 9.17) is 0 Å². The van der Waals surface area contributed by atoms with Gasteiger partial charge in [0.1, 0.15) is 11.6 Å². The molecule has 7 heteroatoms. The average molecular weight is 436 g/mol. The largest absolute Gasteiger partial charge is 0.347 e. The smallest absolute Gasteiger partial charge is 0.269 e. The van der Waals surface area contributed by atoms with Gasteiger partial charge in [-0.25, -0.2) is 0 Å². The van der Waals surface area contributed by atoms with E-state index < -0.39 is 10.8 Å². The summed E-state index contributed by atoms with van der Waals surface area (Å²) in [6.45, 7) is 0.828. The molecule has 33 heavy (non-hydrogen) atoms. The molecule has 0 saturated heterocycles. The number of rotatable bonds is 7. The maximum absolute atomic E-state index is 12.6. The maximum Gasteiger partial charge on any atom is 0.269 e. The number of fused-ring (bicyclic) bond motifs is 1. The fourth-order valence-electron chi connectivity index (χ4n) is 3.62. The van der Waals surface area contributed by atoms with Crippen LogP contribution < -0.4 is 5.32 Å². The molecule has 3 aromatic carbocycles. The van der Waals surface area contributed by atoms with Gasteiger partial charge in [0.2, 0.25) is 0 Å². The van der Waals surface area contributed by atoms with Crippen LogP contribution in [0.25, 0.3) is 17.0 Å². The number of para-hydroxylation sites is 1. The highest BCUT2D eigenvalue weighted by atomic mass is 16.6. The number of carbonyl (C=O) groups excluding carboxylic acids is 1. The highest BCUT2D eigenvalue weighted by Crippen LogP contribution is 2.25. The Balaban J connectivity index is 1.60. The first-order chi connectivity index (χ1) is 16.0. The van der Waals surface area contributed by atoms with Crippen LogP contribution in [-0.2, 0) is 17.9 Å². The second kappa shape index (κ2) is 9.62. The van der Waals surface area contributed by atoms with Crippen LogP contribution in [-0.4, -0.2) is 15.4 Å². The number of carbonyl (C=O) groups is 1. The fourth-order valence-corrected chi connectivity index (χ4v) is 3.62. The summed E-state index contributed by atoms with van der Waals surface area (Å²) in [5.41, 5.74) is 3.59. The number of nitro groups is 1. The lowest BCUT2D eigenvalue weighted by Gasteiger charge is -2.05. The zero-order valence-corrected chi connectivity index (χ0v) is 17.6. The van der Waals surface area contributed by atoms with Crippen molar-refractivity contribution in [3.63, 3.8) is 0 Å². The Morgan fingerprint density at radius 1 is 1.00 bits per heavy atom. The van der Waals surface area contributed by atoms with Crippen molar-refractivity contribution in [3.05, 3.63) is 117 Å². The molecule has 4 rings (SSSR count). The van der Waals surface area contributed by atoms with Gasteiger partial charge in [-0.2, -0.15) is 5.26 Å². The second-order valence-corrected chi connectivity index (χ2v) is 7.49. The van der Waals surface area contributed by atoms with Crippen LogP contribution in [0, 0.1) is 21.4 Å². The molecular weight excluding hydrogens is 416 g/mol. The number of amides is 1. The summed E-state index contributed by atoms with van der Waals surface area (Å²) in [6, 6.07) is 25.6. The molecular formula is C26H20N4O3. The van der Waals surface area contributed by atoms with Crippen molar-refractivity contribution < 1.29 is 9.72 Å². The molecule has 0 unspecified atom stereocenters. The molecule has 1 heterocycles. The predicted molar refractivity (Wildman–Crippen MR) is 126 cm³/mol. The van der Waals surface area contributed by atoms with Crippen molar-refractivity contribution >= 4 is 28.6 Å². The summed E-state index contributed by atoms with van der Waals surface area (Å²) in [4.78, 5) is 23.1. The lowest BCUT2D eigenvalue weighted by atomic mass is 10.1. The van der Waals surface area contributed by atoms with Crippen LogP contribution in [0.4, 0.5) is 5.69 Å². The first-order valence-corrected chi connectivity index (χ1v) is 10.3. The highest BCUT2D eigenvalue weighted by molar-refractivity contribution is 6.04. The number of non-ortho nitro benzene ring substituents is 1. The Hall–Kier alpha value is -4.70. The van der Waals surface area contributed by atoms with Gasteiger partial charge in [0.25, 0.3) is 11.6 Å². The van der Waals surface area contributed by atoms with Gasteiger partial charge in [-0.3, -0.25) is 14.9 Å². The third-order valence-corrected chi connectivity index (χ3v) is 5.28.